The number of non-ortho nitro benzene ring substituents is 1. The van der Waals surface area contributed by atoms with Crippen LogP contribution in [-0.4, -0.2) is 50.3 Å². The highest BCUT2D eigenvalue weighted by Crippen LogP contribution is 2.38. The minimum atomic E-state index is -1.21. The summed E-state index contributed by atoms with van der Waals surface area (Å²) in [5, 5.41) is 44.0. The number of hydrogen-bond acceptors (Lipinski definition) is 9. The average Bonchev–Trinajstić information content (AvgIpc) is 2.78. The maximum Gasteiger partial charge on any atom is 0.324 e. The van der Waals surface area contributed by atoms with E-state index >= 15 is 0 Å². The molecule has 0 radical (unpaired) electrons. The Kier molecular flexibility index (Phi) is 8.86. The van der Waals surface area contributed by atoms with E-state index in [0.29, 0.717) is 23.7 Å². The number of carbonyl (C=O) groups excluding carboxylic acids is 1. The van der Waals surface area contributed by atoms with Crippen LogP contribution in [0.5, 0.6) is 5.75 Å². The van der Waals surface area contributed by atoms with Crippen molar-refractivity contribution in [2.45, 2.75) is 19.3 Å². The van der Waals surface area contributed by atoms with Crippen LogP contribution in [0, 0.1) is 30.3 Å². The molecule has 2 aromatic carbocycles. The maximum atomic E-state index is 11.9. The van der Waals surface area contributed by atoms with Gasteiger partial charge < -0.3 is 15.3 Å². The number of halogens is 1. The molecule has 1 aliphatic heterocycles. The summed E-state index contributed by atoms with van der Waals surface area (Å²) in [5.74, 6) is -1.04. The largest absolute Gasteiger partial charge is 0.497 e. The van der Waals surface area contributed by atoms with Crippen LogP contribution in [0.15, 0.2) is 36.4 Å². The van der Waals surface area contributed by atoms with E-state index in [0.717, 1.165) is 31.6 Å². The van der Waals surface area contributed by atoms with E-state index in [1.165, 1.54) is 6.42 Å². The Morgan fingerprint density at radius 2 is 1.55 bits per heavy atom. The van der Waals surface area contributed by atoms with Gasteiger partial charge in [0.15, 0.2) is 0 Å². The van der Waals surface area contributed by atoms with Crippen molar-refractivity contribution in [1.82, 2.24) is 4.90 Å². The van der Waals surface area contributed by atoms with Gasteiger partial charge in [-0.25, -0.2) is 0 Å². The number of nitrogens with zero attached hydrogens (tertiary/aromatic N) is 4. The van der Waals surface area contributed by atoms with Crippen molar-refractivity contribution in [3.63, 3.8) is 0 Å². The first-order valence-electron chi connectivity index (χ1n) is 9.67. The number of rotatable bonds is 6. The molecule has 3 rings (SSSR count). The Balaban J connectivity index is 0.000000234. The Bertz CT molecular complexity index is 1020. The third-order valence-electron chi connectivity index (χ3n) is 4.64. The molecule has 0 bridgehead atoms. The summed E-state index contributed by atoms with van der Waals surface area (Å²) < 4.78 is 0. The second-order valence-corrected chi connectivity index (χ2v) is 7.35. The third-order valence-corrected chi connectivity index (χ3v) is 4.87. The lowest BCUT2D eigenvalue weighted by Crippen LogP contribution is -2.39. The SMILES string of the molecule is O=C(CNc1cccc(Cl)c1)N1CCCCC1.O=[N+]([O-])c1cc([N+](=O)[O-])c(O)c([N+](=O)[O-])c1. The van der Waals surface area contributed by atoms with Gasteiger partial charge in [0.25, 0.3) is 11.4 Å². The monoisotopic (exact) mass is 481 g/mol. The fourth-order valence-corrected chi connectivity index (χ4v) is 3.20. The molecule has 2 N–H and O–H groups in total. The van der Waals surface area contributed by atoms with Gasteiger partial charge >= 0.3 is 11.4 Å². The highest BCUT2D eigenvalue weighted by atomic mass is 35.5. The number of phenolic OH excluding ortho intramolecular Hbond substituents is 1. The third kappa shape index (κ3) is 7.28. The molecule has 14 heteroatoms. The smallest absolute Gasteiger partial charge is 0.324 e. The van der Waals surface area contributed by atoms with E-state index in [1.54, 1.807) is 0 Å². The summed E-state index contributed by atoms with van der Waals surface area (Å²) in [6.07, 6.45) is 3.50. The zero-order valence-electron chi connectivity index (χ0n) is 17.2. The van der Waals surface area contributed by atoms with Crippen LogP contribution >= 0.6 is 11.6 Å². The Hall–Kier alpha value is -4.00. The summed E-state index contributed by atoms with van der Waals surface area (Å²) >= 11 is 5.87. The molecule has 0 atom stereocenters. The summed E-state index contributed by atoms with van der Waals surface area (Å²) in [6, 6.07) is 8.32. The van der Waals surface area contributed by atoms with Crippen molar-refractivity contribution in [2.24, 2.45) is 0 Å². The van der Waals surface area contributed by atoms with Gasteiger partial charge in [0.1, 0.15) is 0 Å². The number of likely N-dealkylation sites (tertiary alicyclic amines) is 1. The summed E-state index contributed by atoms with van der Waals surface area (Å²) in [7, 11) is 0. The van der Waals surface area contributed by atoms with Gasteiger partial charge in [-0.3, -0.25) is 35.1 Å². The van der Waals surface area contributed by atoms with Gasteiger partial charge in [0, 0.05) is 23.8 Å². The number of amides is 1. The number of anilines is 1. The highest BCUT2D eigenvalue weighted by Gasteiger charge is 2.30. The lowest BCUT2D eigenvalue weighted by molar-refractivity contribution is -0.404. The van der Waals surface area contributed by atoms with Crippen molar-refractivity contribution >= 4 is 40.3 Å². The second kappa shape index (κ2) is 11.6. The van der Waals surface area contributed by atoms with E-state index in [2.05, 4.69) is 5.32 Å². The van der Waals surface area contributed by atoms with Crippen molar-refractivity contribution in [1.29, 1.82) is 0 Å². The Morgan fingerprint density at radius 3 is 2.03 bits per heavy atom. The summed E-state index contributed by atoms with van der Waals surface area (Å²) in [5.41, 5.74) is -2.11. The van der Waals surface area contributed by atoms with Gasteiger partial charge in [-0.1, -0.05) is 17.7 Å². The van der Waals surface area contributed by atoms with E-state index in [4.69, 9.17) is 16.7 Å². The van der Waals surface area contributed by atoms with Crippen LogP contribution < -0.4 is 5.32 Å². The highest BCUT2D eigenvalue weighted by molar-refractivity contribution is 6.30. The van der Waals surface area contributed by atoms with Crippen molar-refractivity contribution < 1.29 is 24.7 Å². The number of carbonyl (C=O) groups is 1. The van der Waals surface area contributed by atoms with Crippen molar-refractivity contribution in [3.8, 4) is 5.75 Å². The molecule has 2 aromatic rings. The molecule has 1 heterocycles. The molecule has 0 aromatic heterocycles. The van der Waals surface area contributed by atoms with E-state index in [1.807, 2.05) is 29.2 Å². The fraction of sp³-hybridized carbons (Fsp3) is 0.316. The molecule has 0 saturated carbocycles. The molecule has 1 saturated heterocycles. The Morgan fingerprint density at radius 1 is 0.970 bits per heavy atom. The first-order chi connectivity index (χ1) is 15.6. The quantitative estimate of drug-likeness (QED) is 0.456. The predicted octanol–water partition coefficient (Wildman–Crippen LogP) is 3.88. The first-order valence-corrected chi connectivity index (χ1v) is 10.1. The molecule has 0 spiro atoms. The van der Waals surface area contributed by atoms with Gasteiger partial charge in [-0.05, 0) is 37.5 Å². The van der Waals surface area contributed by atoms with Crippen LogP contribution in [0.1, 0.15) is 19.3 Å². The second-order valence-electron chi connectivity index (χ2n) is 6.91. The first kappa shape index (κ1) is 25.3. The number of piperidine rings is 1. The zero-order chi connectivity index (χ0) is 24.5. The average molecular weight is 482 g/mol. The Labute approximate surface area is 192 Å². The maximum absolute atomic E-state index is 11.9. The molecule has 1 fully saturated rings. The number of nitro groups is 3. The van der Waals surface area contributed by atoms with Crippen molar-refractivity contribution in [3.05, 3.63) is 71.8 Å². The molecule has 0 aliphatic carbocycles. The lowest BCUT2D eigenvalue weighted by Gasteiger charge is -2.26. The number of aromatic hydroxyl groups is 1. The van der Waals surface area contributed by atoms with Gasteiger partial charge in [-0.2, -0.15) is 0 Å². The minimum absolute atomic E-state index is 0.171. The van der Waals surface area contributed by atoms with E-state index in [9.17, 15) is 35.1 Å². The number of nitro benzene ring substituents is 3. The van der Waals surface area contributed by atoms with Gasteiger partial charge in [-0.15, -0.1) is 0 Å². The molecule has 33 heavy (non-hydrogen) atoms. The van der Waals surface area contributed by atoms with Gasteiger partial charge in [0.2, 0.25) is 5.91 Å². The molecule has 13 nitrogen and oxygen atoms in total. The predicted molar refractivity (Wildman–Crippen MR) is 118 cm³/mol. The fourth-order valence-electron chi connectivity index (χ4n) is 3.00. The van der Waals surface area contributed by atoms with E-state index < -0.39 is 37.6 Å². The van der Waals surface area contributed by atoms with E-state index in [-0.39, 0.29) is 5.91 Å². The lowest BCUT2D eigenvalue weighted by atomic mass is 10.1. The molecule has 0 unspecified atom stereocenters. The van der Waals surface area contributed by atoms with Crippen LogP contribution in [-0.2, 0) is 4.79 Å². The van der Waals surface area contributed by atoms with Crippen LogP contribution in [0.3, 0.4) is 0 Å². The topological polar surface area (TPSA) is 182 Å². The molecule has 1 amide bonds. The van der Waals surface area contributed by atoms with Gasteiger partial charge in [0.05, 0.1) is 33.4 Å². The zero-order valence-corrected chi connectivity index (χ0v) is 17.9. The molecule has 1 aliphatic rings. The van der Waals surface area contributed by atoms with Crippen molar-refractivity contribution in [2.75, 3.05) is 25.0 Å². The minimum Gasteiger partial charge on any atom is -0.497 e. The number of hydrogen-bond donors (Lipinski definition) is 2. The summed E-state index contributed by atoms with van der Waals surface area (Å²) in [4.78, 5) is 41.6. The number of phenols is 1. The number of benzene rings is 2. The van der Waals surface area contributed by atoms with Crippen LogP contribution in [0.2, 0.25) is 5.02 Å². The standard InChI is InChI=1S/C13H17ClN2O.C6H3N3O7/c14-11-5-4-6-12(9-11)15-10-13(17)16-7-2-1-3-8-16;10-6-4(8(13)14)1-3(7(11)12)2-5(6)9(15)16/h4-6,9,15H,1-3,7-8,10H2;1-2,10H. The number of nitrogens with one attached hydrogen (secondary N) is 1. The molecular weight excluding hydrogens is 462 g/mol. The van der Waals surface area contributed by atoms with Crippen LogP contribution in [0.4, 0.5) is 22.7 Å². The molecular formula is C19H20ClN5O8. The van der Waals surface area contributed by atoms with Crippen LogP contribution in [0.25, 0.3) is 0 Å². The summed E-state index contributed by atoms with van der Waals surface area (Å²) in [6.45, 7) is 2.15. The molecule has 176 valence electrons. The normalized spacial score (nSPS) is 12.8.